The second-order valence-electron chi connectivity index (χ2n) is 8.74. The fourth-order valence-corrected chi connectivity index (χ4v) is 6.36. The van der Waals surface area contributed by atoms with Crippen molar-refractivity contribution in [1.82, 2.24) is 14.1 Å². The number of anilines is 1. The predicted octanol–water partition coefficient (Wildman–Crippen LogP) is 4.73. The summed E-state index contributed by atoms with van der Waals surface area (Å²) < 4.78 is 31.2. The quantitative estimate of drug-likeness (QED) is 0.345. The summed E-state index contributed by atoms with van der Waals surface area (Å²) in [6.45, 7) is 3.35. The van der Waals surface area contributed by atoms with E-state index in [0.29, 0.717) is 4.90 Å². The first-order valence-electron chi connectivity index (χ1n) is 11.3. The van der Waals surface area contributed by atoms with E-state index in [9.17, 15) is 13.6 Å². The van der Waals surface area contributed by atoms with Gasteiger partial charge in [0.05, 0.1) is 22.5 Å². The number of halogens is 2. The summed E-state index contributed by atoms with van der Waals surface area (Å²) in [7, 11) is 0. The van der Waals surface area contributed by atoms with Crippen molar-refractivity contribution in [1.29, 1.82) is 0 Å². The van der Waals surface area contributed by atoms with E-state index in [0.717, 1.165) is 73.3 Å². The molecule has 0 spiro atoms. The first-order valence-corrected chi connectivity index (χ1v) is 13.5. The maximum Gasteiger partial charge on any atom is 0.287 e. The summed E-state index contributed by atoms with van der Waals surface area (Å²) in [6, 6.07) is 13.5. The van der Waals surface area contributed by atoms with E-state index in [-0.39, 0.29) is 16.7 Å². The first kappa shape index (κ1) is 23.4. The Kier molecular flexibility index (Phi) is 6.68. The number of hydrogen-bond donors (Lipinski definition) is 0. The zero-order valence-corrected chi connectivity index (χ0v) is 20.5. The van der Waals surface area contributed by atoms with E-state index in [1.807, 2.05) is 6.07 Å². The lowest BCUT2D eigenvalue weighted by Gasteiger charge is -2.35. The maximum atomic E-state index is 13.9. The highest BCUT2D eigenvalue weighted by Gasteiger charge is 2.44. The van der Waals surface area contributed by atoms with E-state index in [2.05, 4.69) is 44.8 Å². The molecule has 0 radical (unpaired) electrons. The highest BCUT2D eigenvalue weighted by atomic mass is 32.2. The van der Waals surface area contributed by atoms with Crippen molar-refractivity contribution in [3.63, 3.8) is 0 Å². The smallest absolute Gasteiger partial charge is 0.287 e. The first-order chi connectivity index (χ1) is 16.5. The number of rotatable bonds is 7. The number of hydrogen-bond acceptors (Lipinski definition) is 6. The van der Waals surface area contributed by atoms with Gasteiger partial charge in [-0.3, -0.25) is 4.79 Å². The average Bonchev–Trinajstić information content (AvgIpc) is 3.64. The van der Waals surface area contributed by atoms with E-state index in [4.69, 9.17) is 0 Å². The Morgan fingerprint density at radius 2 is 1.68 bits per heavy atom. The summed E-state index contributed by atoms with van der Waals surface area (Å²) in [4.78, 5) is 16.4. The molecule has 9 heteroatoms. The Hall–Kier alpha value is -2.36. The van der Waals surface area contributed by atoms with Gasteiger partial charge in [-0.25, -0.2) is 13.1 Å². The third-order valence-corrected chi connectivity index (χ3v) is 8.83. The highest BCUT2D eigenvalue weighted by molar-refractivity contribution is 7.99. The number of aromatic nitrogens is 2. The van der Waals surface area contributed by atoms with Crippen LogP contribution in [0.4, 0.5) is 14.5 Å². The highest BCUT2D eigenvalue weighted by Crippen LogP contribution is 2.51. The number of thioether (sulfide) groups is 1. The fourth-order valence-electron chi connectivity index (χ4n) is 4.42. The Morgan fingerprint density at radius 3 is 2.29 bits per heavy atom. The molecule has 2 aliphatic rings. The Balaban J connectivity index is 1.50. The van der Waals surface area contributed by atoms with Crippen LogP contribution in [-0.4, -0.2) is 52.3 Å². The molecule has 3 aromatic rings. The molecule has 1 aliphatic carbocycles. The Bertz CT molecular complexity index is 1210. The largest absolute Gasteiger partial charge is 0.367 e. The van der Waals surface area contributed by atoms with Crippen LogP contribution in [-0.2, 0) is 5.41 Å². The van der Waals surface area contributed by atoms with E-state index >= 15 is 0 Å². The van der Waals surface area contributed by atoms with Gasteiger partial charge in [-0.1, -0.05) is 42.3 Å². The molecule has 2 aromatic carbocycles. The second kappa shape index (κ2) is 9.71. The monoisotopic (exact) mass is 500 g/mol. The SMILES string of the molecule is CSN1CCN(c2cnn(-c3cc(F)cc(F)c3)c(=O)c2SCC2(c3ccccc3)CC2)CC1. The lowest BCUT2D eigenvalue weighted by molar-refractivity contribution is 0.429. The fraction of sp³-hybridized carbons (Fsp3) is 0.360. The molecule has 1 saturated carbocycles. The van der Waals surface area contributed by atoms with Crippen molar-refractivity contribution in [2.24, 2.45) is 0 Å². The molecule has 5 nitrogen and oxygen atoms in total. The van der Waals surface area contributed by atoms with Gasteiger partial charge in [0.25, 0.3) is 5.56 Å². The van der Waals surface area contributed by atoms with Crippen molar-refractivity contribution < 1.29 is 8.78 Å². The molecule has 1 saturated heterocycles. The van der Waals surface area contributed by atoms with Gasteiger partial charge >= 0.3 is 0 Å². The summed E-state index contributed by atoms with van der Waals surface area (Å²) in [6.07, 6.45) is 5.90. The summed E-state index contributed by atoms with van der Waals surface area (Å²) in [5.41, 5.74) is 1.90. The Morgan fingerprint density at radius 1 is 1.00 bits per heavy atom. The van der Waals surface area contributed by atoms with Crippen molar-refractivity contribution >= 4 is 29.4 Å². The number of nitrogens with zero attached hydrogens (tertiary/aromatic N) is 4. The van der Waals surface area contributed by atoms with Gasteiger partial charge < -0.3 is 4.90 Å². The van der Waals surface area contributed by atoms with Crippen LogP contribution in [0.15, 0.2) is 64.4 Å². The van der Waals surface area contributed by atoms with Gasteiger partial charge in [-0.05, 0) is 36.8 Å². The molecule has 0 atom stereocenters. The molecule has 0 amide bonds. The third kappa shape index (κ3) is 4.74. The van der Waals surface area contributed by atoms with Crippen LogP contribution in [0, 0.1) is 11.6 Å². The zero-order chi connectivity index (χ0) is 23.7. The molecule has 0 bridgehead atoms. The van der Waals surface area contributed by atoms with Crippen LogP contribution in [0.2, 0.25) is 0 Å². The minimum absolute atomic E-state index is 0.0618. The lowest BCUT2D eigenvalue weighted by atomic mass is 9.99. The average molecular weight is 501 g/mol. The van der Waals surface area contributed by atoms with Crippen LogP contribution < -0.4 is 10.5 Å². The topological polar surface area (TPSA) is 41.4 Å². The molecule has 1 aromatic heterocycles. The van der Waals surface area contributed by atoms with Crippen molar-refractivity contribution in [2.45, 2.75) is 23.2 Å². The predicted molar refractivity (Wildman–Crippen MR) is 135 cm³/mol. The van der Waals surface area contributed by atoms with Crippen LogP contribution in [0.5, 0.6) is 0 Å². The van der Waals surface area contributed by atoms with Gasteiger partial charge in [0.1, 0.15) is 11.6 Å². The Labute approximate surface area is 206 Å². The standard InChI is InChI=1S/C25H26F2N4OS2/c1-33-30-11-9-29(10-12-30)22-16-28-31(21-14-19(26)13-20(27)15-21)24(32)23(22)34-17-25(7-8-25)18-5-3-2-4-6-18/h2-6,13-16H,7-12,17H2,1H3. The van der Waals surface area contributed by atoms with Gasteiger partial charge in [-0.15, -0.1) is 11.8 Å². The molecule has 0 N–H and O–H groups in total. The number of piperazine rings is 1. The third-order valence-electron chi connectivity index (χ3n) is 6.58. The van der Waals surface area contributed by atoms with Crippen LogP contribution >= 0.6 is 23.7 Å². The molecular formula is C25H26F2N4OS2. The second-order valence-corrected chi connectivity index (χ2v) is 10.6. The van der Waals surface area contributed by atoms with E-state index in [1.165, 1.54) is 17.3 Å². The summed E-state index contributed by atoms with van der Waals surface area (Å²) in [5, 5.41) is 4.32. The zero-order valence-electron chi connectivity index (χ0n) is 18.9. The van der Waals surface area contributed by atoms with Gasteiger partial charge in [0.2, 0.25) is 0 Å². The van der Waals surface area contributed by atoms with Crippen LogP contribution in [0.1, 0.15) is 18.4 Å². The van der Waals surface area contributed by atoms with E-state index < -0.39 is 11.6 Å². The normalized spacial score (nSPS) is 17.7. The lowest BCUT2D eigenvalue weighted by Crippen LogP contribution is -2.44. The minimum atomic E-state index is -0.740. The van der Waals surface area contributed by atoms with E-state index in [1.54, 1.807) is 18.1 Å². The van der Waals surface area contributed by atoms with Crippen LogP contribution in [0.3, 0.4) is 0 Å². The van der Waals surface area contributed by atoms with Gasteiger partial charge in [0.15, 0.2) is 0 Å². The molecule has 2 heterocycles. The minimum Gasteiger partial charge on any atom is -0.367 e. The molecule has 1 aliphatic heterocycles. The summed E-state index contributed by atoms with van der Waals surface area (Å²) in [5.74, 6) is -0.710. The van der Waals surface area contributed by atoms with Crippen molar-refractivity contribution in [3.8, 4) is 5.69 Å². The summed E-state index contributed by atoms with van der Waals surface area (Å²) >= 11 is 3.26. The molecule has 2 fully saturated rings. The maximum absolute atomic E-state index is 13.9. The van der Waals surface area contributed by atoms with Crippen LogP contribution in [0.25, 0.3) is 5.69 Å². The molecule has 34 heavy (non-hydrogen) atoms. The molecule has 0 unspecified atom stereocenters. The molecular weight excluding hydrogens is 474 g/mol. The van der Waals surface area contributed by atoms with Gasteiger partial charge in [-0.2, -0.15) is 9.78 Å². The van der Waals surface area contributed by atoms with Crippen molar-refractivity contribution in [2.75, 3.05) is 43.1 Å². The van der Waals surface area contributed by atoms with Crippen molar-refractivity contribution in [3.05, 3.63) is 82.3 Å². The van der Waals surface area contributed by atoms with Gasteiger partial charge in [0, 0.05) is 43.4 Å². The number of benzene rings is 2. The molecule has 5 rings (SSSR count). The molecule has 178 valence electrons.